The molecule has 2 fully saturated rings. The Morgan fingerprint density at radius 3 is 2.45 bits per heavy atom. The molecule has 1 N–H and O–H groups in total. The number of thioether (sulfide) groups is 1. The van der Waals surface area contributed by atoms with Crippen LogP contribution in [0.3, 0.4) is 0 Å². The number of anilines is 1. The van der Waals surface area contributed by atoms with E-state index in [9.17, 15) is 18.0 Å². The van der Waals surface area contributed by atoms with Gasteiger partial charge in [-0.3, -0.25) is 9.59 Å². The second kappa shape index (κ2) is 10.3. The molecule has 0 bridgehead atoms. The largest absolute Gasteiger partial charge is 0.324 e. The van der Waals surface area contributed by atoms with Crippen LogP contribution < -0.4 is 5.32 Å². The number of carbonyl (C=O) groups is 2. The molecule has 33 heavy (non-hydrogen) atoms. The molecule has 4 rings (SSSR count). The number of hydrogen-bond donors (Lipinski definition) is 1. The van der Waals surface area contributed by atoms with Gasteiger partial charge >= 0.3 is 0 Å². The number of amides is 2. The van der Waals surface area contributed by atoms with Crippen LogP contribution in [-0.4, -0.2) is 84.7 Å². The summed E-state index contributed by atoms with van der Waals surface area (Å²) in [5.74, 6) is 0.410. The van der Waals surface area contributed by atoms with Gasteiger partial charge in [0.2, 0.25) is 15.9 Å². The van der Waals surface area contributed by atoms with E-state index in [1.807, 2.05) is 6.07 Å². The molecule has 0 unspecified atom stereocenters. The van der Waals surface area contributed by atoms with Crippen LogP contribution >= 0.6 is 11.8 Å². The van der Waals surface area contributed by atoms with Crippen molar-refractivity contribution in [1.82, 2.24) is 14.1 Å². The first kappa shape index (κ1) is 23.7. The van der Waals surface area contributed by atoms with Gasteiger partial charge in [0, 0.05) is 43.2 Å². The molecule has 0 saturated carbocycles. The topological polar surface area (TPSA) is 90.0 Å². The number of benzene rings is 2. The summed E-state index contributed by atoms with van der Waals surface area (Å²) in [5.41, 5.74) is 0.936. The second-order valence-electron chi connectivity index (χ2n) is 8.01. The number of sulfonamides is 1. The highest BCUT2D eigenvalue weighted by Gasteiger charge is 2.35. The number of likely N-dealkylation sites (N-methyl/N-ethyl adjacent to an activating group) is 1. The summed E-state index contributed by atoms with van der Waals surface area (Å²) in [6.07, 6.45) is 0. The van der Waals surface area contributed by atoms with Crippen LogP contribution in [0.15, 0.2) is 59.5 Å². The number of hydrogen-bond acceptors (Lipinski definition) is 6. The van der Waals surface area contributed by atoms with E-state index in [4.69, 9.17) is 0 Å². The Labute approximate surface area is 199 Å². The van der Waals surface area contributed by atoms with E-state index < -0.39 is 16.1 Å². The molecular formula is C23H28N4O4S2. The first-order chi connectivity index (χ1) is 15.9. The van der Waals surface area contributed by atoms with E-state index in [2.05, 4.69) is 17.1 Å². The molecule has 2 heterocycles. The monoisotopic (exact) mass is 488 g/mol. The highest BCUT2D eigenvalue weighted by atomic mass is 32.2. The van der Waals surface area contributed by atoms with Crippen LogP contribution in [-0.2, 0) is 14.8 Å². The number of rotatable bonds is 6. The molecule has 0 radical (unpaired) electrons. The zero-order valence-corrected chi connectivity index (χ0v) is 20.1. The molecular weight excluding hydrogens is 460 g/mol. The van der Waals surface area contributed by atoms with Gasteiger partial charge in [0.25, 0.3) is 5.91 Å². The van der Waals surface area contributed by atoms with Crippen LogP contribution in [0.25, 0.3) is 0 Å². The van der Waals surface area contributed by atoms with E-state index in [-0.39, 0.29) is 16.7 Å². The molecule has 2 aromatic carbocycles. The van der Waals surface area contributed by atoms with Gasteiger partial charge in [0.05, 0.1) is 10.8 Å². The molecule has 10 heteroatoms. The summed E-state index contributed by atoms with van der Waals surface area (Å²) in [5, 5.41) is 2.81. The van der Waals surface area contributed by atoms with Gasteiger partial charge in [-0.25, -0.2) is 8.42 Å². The summed E-state index contributed by atoms with van der Waals surface area (Å²) in [6.45, 7) is 5.27. The maximum absolute atomic E-state index is 13.1. The molecule has 2 aliphatic rings. The lowest BCUT2D eigenvalue weighted by Gasteiger charge is -2.33. The molecule has 0 aromatic heterocycles. The molecule has 0 aliphatic carbocycles. The van der Waals surface area contributed by atoms with Crippen molar-refractivity contribution in [2.24, 2.45) is 0 Å². The minimum atomic E-state index is -3.64. The van der Waals surface area contributed by atoms with Crippen molar-refractivity contribution in [3.05, 3.63) is 60.2 Å². The number of carbonyl (C=O) groups excluding carboxylic acids is 2. The third kappa shape index (κ3) is 5.24. The van der Waals surface area contributed by atoms with Gasteiger partial charge in [-0.05, 0) is 36.9 Å². The Morgan fingerprint density at radius 1 is 1.03 bits per heavy atom. The van der Waals surface area contributed by atoms with E-state index in [1.165, 1.54) is 22.1 Å². The minimum Gasteiger partial charge on any atom is -0.324 e. The summed E-state index contributed by atoms with van der Waals surface area (Å²) >= 11 is 1.52. The van der Waals surface area contributed by atoms with Crippen LogP contribution in [0, 0.1) is 0 Å². The van der Waals surface area contributed by atoms with E-state index in [0.29, 0.717) is 49.1 Å². The van der Waals surface area contributed by atoms with Gasteiger partial charge in [0.1, 0.15) is 6.04 Å². The lowest BCUT2D eigenvalue weighted by molar-refractivity contribution is -0.119. The summed E-state index contributed by atoms with van der Waals surface area (Å²) < 4.78 is 27.7. The average Bonchev–Trinajstić information content (AvgIpc) is 3.34. The predicted octanol–water partition coefficient (Wildman–Crippen LogP) is 2.17. The molecule has 2 saturated heterocycles. The maximum Gasteiger partial charge on any atom is 0.255 e. The number of nitrogens with zero attached hydrogens (tertiary/aromatic N) is 3. The average molecular weight is 489 g/mol. The lowest BCUT2D eigenvalue weighted by Crippen LogP contribution is -2.48. The first-order valence-corrected chi connectivity index (χ1v) is 13.6. The molecule has 2 aliphatic heterocycles. The molecule has 2 aromatic rings. The fourth-order valence-corrected chi connectivity index (χ4v) is 6.62. The van der Waals surface area contributed by atoms with E-state index in [1.54, 1.807) is 47.4 Å². The van der Waals surface area contributed by atoms with Gasteiger partial charge in [0.15, 0.2) is 0 Å². The predicted molar refractivity (Wildman–Crippen MR) is 130 cm³/mol. The van der Waals surface area contributed by atoms with Crippen molar-refractivity contribution in [1.29, 1.82) is 0 Å². The van der Waals surface area contributed by atoms with Gasteiger partial charge in [-0.15, -0.1) is 11.8 Å². The molecule has 8 nitrogen and oxygen atoms in total. The molecule has 0 spiro atoms. The van der Waals surface area contributed by atoms with Crippen LogP contribution in [0.2, 0.25) is 0 Å². The van der Waals surface area contributed by atoms with Crippen molar-refractivity contribution in [2.45, 2.75) is 17.9 Å². The Morgan fingerprint density at radius 2 is 1.76 bits per heavy atom. The van der Waals surface area contributed by atoms with E-state index >= 15 is 0 Å². The van der Waals surface area contributed by atoms with Crippen LogP contribution in [0.4, 0.5) is 5.69 Å². The Hall–Kier alpha value is -2.40. The van der Waals surface area contributed by atoms with Crippen LogP contribution in [0.5, 0.6) is 0 Å². The molecule has 176 valence electrons. The Bertz CT molecular complexity index is 1100. The normalized spacial score (nSPS) is 20.0. The van der Waals surface area contributed by atoms with Crippen molar-refractivity contribution in [3.8, 4) is 0 Å². The Balaban J connectivity index is 1.46. The van der Waals surface area contributed by atoms with Gasteiger partial charge < -0.3 is 15.1 Å². The third-order valence-electron chi connectivity index (χ3n) is 5.98. The fourth-order valence-electron chi connectivity index (χ4n) is 4.00. The zero-order chi connectivity index (χ0) is 23.4. The highest BCUT2D eigenvalue weighted by Crippen LogP contribution is 2.26. The quantitative estimate of drug-likeness (QED) is 0.670. The van der Waals surface area contributed by atoms with Crippen molar-refractivity contribution >= 4 is 39.3 Å². The standard InChI is InChI=1S/C23H28N4O4S2/c1-2-25-11-13-26(14-12-25)33(30,31)20-10-6-9-19(15-20)24-22(28)21-16-32-17-27(21)23(29)18-7-4-3-5-8-18/h3-10,15,21H,2,11-14,16-17H2,1H3,(H,24,28)/t21-/m0/s1. The first-order valence-electron chi connectivity index (χ1n) is 11.0. The number of piperazine rings is 1. The summed E-state index contributed by atoms with van der Waals surface area (Å²) in [6, 6.07) is 14.6. The molecule has 2 amide bonds. The van der Waals surface area contributed by atoms with Crippen molar-refractivity contribution in [2.75, 3.05) is 49.7 Å². The van der Waals surface area contributed by atoms with Crippen molar-refractivity contribution in [3.63, 3.8) is 0 Å². The van der Waals surface area contributed by atoms with Crippen molar-refractivity contribution < 1.29 is 18.0 Å². The SMILES string of the molecule is CCN1CCN(S(=O)(=O)c2cccc(NC(=O)[C@@H]3CSCN3C(=O)c3ccccc3)c2)CC1. The second-order valence-corrected chi connectivity index (χ2v) is 10.9. The van der Waals surface area contributed by atoms with Gasteiger partial charge in [-0.1, -0.05) is 31.2 Å². The fraction of sp³-hybridized carbons (Fsp3) is 0.391. The smallest absolute Gasteiger partial charge is 0.255 e. The van der Waals surface area contributed by atoms with E-state index in [0.717, 1.165) is 6.54 Å². The zero-order valence-electron chi connectivity index (χ0n) is 18.5. The molecule has 1 atom stereocenters. The maximum atomic E-state index is 13.1. The number of nitrogens with one attached hydrogen (secondary N) is 1. The van der Waals surface area contributed by atoms with Crippen LogP contribution in [0.1, 0.15) is 17.3 Å². The van der Waals surface area contributed by atoms with Gasteiger partial charge in [-0.2, -0.15) is 4.31 Å². The lowest BCUT2D eigenvalue weighted by atomic mass is 10.1. The Kier molecular flexibility index (Phi) is 7.38. The third-order valence-corrected chi connectivity index (χ3v) is 8.89. The summed E-state index contributed by atoms with van der Waals surface area (Å²) in [7, 11) is -3.64. The summed E-state index contributed by atoms with van der Waals surface area (Å²) in [4.78, 5) is 29.8. The minimum absolute atomic E-state index is 0.156. The highest BCUT2D eigenvalue weighted by molar-refractivity contribution is 7.99.